The minimum absolute atomic E-state index is 0.0202. The standard InChI is InChI=1S/C31H22Br2F2N2O2S/c32-22-12-8-18(9-13-22)16-21-5-3-6-24-27(21)36-31-37(28(24)19-10-14-23(33)15-11-19)29(38)26(40-31)17-20-4-1-2-7-25(20)39-30(34)35/h1-2,4,7-17,28,30H,3,5-6H2/b21-16-,26-17-/t28-/m0/s1. The van der Waals surface area contributed by atoms with E-state index in [0.29, 0.717) is 14.9 Å². The number of nitrogens with zero attached hydrogens (tertiary/aromatic N) is 2. The van der Waals surface area contributed by atoms with Crippen molar-refractivity contribution in [2.45, 2.75) is 31.9 Å². The Bertz CT molecular complexity index is 1820. The van der Waals surface area contributed by atoms with E-state index in [2.05, 4.69) is 50.1 Å². The lowest BCUT2D eigenvalue weighted by Gasteiger charge is -2.31. The van der Waals surface area contributed by atoms with Gasteiger partial charge in [-0.05, 0) is 84.0 Å². The average Bonchev–Trinajstić information content (AvgIpc) is 3.25. The van der Waals surface area contributed by atoms with Crippen molar-refractivity contribution in [2.75, 3.05) is 0 Å². The molecule has 9 heteroatoms. The molecule has 1 aliphatic carbocycles. The summed E-state index contributed by atoms with van der Waals surface area (Å²) in [5.74, 6) is 0.0202. The van der Waals surface area contributed by atoms with Gasteiger partial charge in [-0.1, -0.05) is 85.7 Å². The summed E-state index contributed by atoms with van der Waals surface area (Å²) in [6.45, 7) is -2.96. The molecule has 2 heterocycles. The van der Waals surface area contributed by atoms with Gasteiger partial charge < -0.3 is 4.74 Å². The SMILES string of the molecule is O=c1/c(=C/c2ccccc2OC(F)F)sc2n1[C@@H](c1ccc(Br)cc1)C1=C(N=2)/C(=C\c2ccc(Br)cc2)CCC1. The fourth-order valence-corrected chi connectivity index (χ4v) is 6.73. The highest BCUT2D eigenvalue weighted by Crippen LogP contribution is 2.41. The van der Waals surface area contributed by atoms with Crippen LogP contribution in [0.25, 0.3) is 12.2 Å². The minimum atomic E-state index is -2.96. The predicted octanol–water partition coefficient (Wildman–Crippen LogP) is 7.61. The highest BCUT2D eigenvalue weighted by Gasteiger charge is 2.32. The summed E-state index contributed by atoms with van der Waals surface area (Å²) in [5, 5.41) is 0. The number of ether oxygens (including phenoxy) is 1. The second kappa shape index (κ2) is 11.4. The minimum Gasteiger partial charge on any atom is -0.434 e. The number of rotatable bonds is 5. The van der Waals surface area contributed by atoms with Crippen LogP contribution in [0.2, 0.25) is 0 Å². The zero-order chi connectivity index (χ0) is 27.8. The molecule has 1 atom stereocenters. The molecule has 0 N–H and O–H groups in total. The molecule has 4 aromatic rings. The van der Waals surface area contributed by atoms with E-state index < -0.39 is 6.61 Å². The molecule has 202 valence electrons. The molecule has 0 amide bonds. The summed E-state index contributed by atoms with van der Waals surface area (Å²) in [6.07, 6.45) is 6.45. The van der Waals surface area contributed by atoms with E-state index in [1.165, 1.54) is 17.4 Å². The van der Waals surface area contributed by atoms with Crippen LogP contribution in [0.4, 0.5) is 8.78 Å². The van der Waals surface area contributed by atoms with E-state index in [0.717, 1.165) is 56.2 Å². The second-order valence-corrected chi connectivity index (χ2v) is 12.3. The predicted molar refractivity (Wildman–Crippen MR) is 161 cm³/mol. The molecule has 0 bridgehead atoms. The number of para-hydroxylation sites is 1. The third-order valence-corrected chi connectivity index (χ3v) is 8.99. The lowest BCUT2D eigenvalue weighted by atomic mass is 9.84. The number of halogens is 4. The van der Waals surface area contributed by atoms with Crippen molar-refractivity contribution in [3.8, 4) is 5.75 Å². The Hall–Kier alpha value is -3.14. The van der Waals surface area contributed by atoms with E-state index in [-0.39, 0.29) is 17.4 Å². The van der Waals surface area contributed by atoms with Crippen molar-refractivity contribution in [1.29, 1.82) is 0 Å². The molecule has 0 unspecified atom stereocenters. The highest BCUT2D eigenvalue weighted by atomic mass is 79.9. The maximum absolute atomic E-state index is 13.9. The van der Waals surface area contributed by atoms with Gasteiger partial charge in [-0.15, -0.1) is 0 Å². The molecular weight excluding hydrogens is 662 g/mol. The van der Waals surface area contributed by atoms with E-state index in [9.17, 15) is 13.6 Å². The molecule has 0 radical (unpaired) electrons. The molecule has 1 aromatic heterocycles. The first-order chi connectivity index (χ1) is 19.4. The molecule has 3 aromatic carbocycles. The Morgan fingerprint density at radius 2 is 1.65 bits per heavy atom. The van der Waals surface area contributed by atoms with E-state index in [1.54, 1.807) is 28.8 Å². The summed E-state index contributed by atoms with van der Waals surface area (Å²) in [4.78, 5) is 19.6. The Labute approximate surface area is 249 Å². The van der Waals surface area contributed by atoms with E-state index in [4.69, 9.17) is 9.73 Å². The zero-order valence-corrected chi connectivity index (χ0v) is 25.0. The number of thiazole rings is 1. The van der Waals surface area contributed by atoms with Crippen LogP contribution in [0, 0.1) is 0 Å². The molecule has 40 heavy (non-hydrogen) atoms. The third kappa shape index (κ3) is 5.42. The van der Waals surface area contributed by atoms with E-state index >= 15 is 0 Å². The first-order valence-electron chi connectivity index (χ1n) is 12.7. The van der Waals surface area contributed by atoms with Gasteiger partial charge in [-0.3, -0.25) is 9.36 Å². The summed E-state index contributed by atoms with van der Waals surface area (Å²) >= 11 is 8.28. The van der Waals surface area contributed by atoms with Crippen molar-refractivity contribution in [1.82, 2.24) is 4.57 Å². The van der Waals surface area contributed by atoms with Gasteiger partial charge in [0.25, 0.3) is 5.56 Å². The molecule has 0 saturated carbocycles. The monoisotopic (exact) mass is 682 g/mol. The van der Waals surface area contributed by atoms with Crippen LogP contribution >= 0.6 is 43.2 Å². The second-order valence-electron chi connectivity index (χ2n) is 9.50. The van der Waals surface area contributed by atoms with Gasteiger partial charge in [-0.25, -0.2) is 4.99 Å². The molecule has 2 aliphatic rings. The zero-order valence-electron chi connectivity index (χ0n) is 21.0. The highest BCUT2D eigenvalue weighted by molar-refractivity contribution is 9.10. The van der Waals surface area contributed by atoms with Gasteiger partial charge in [-0.2, -0.15) is 8.78 Å². The number of allylic oxidation sites excluding steroid dienone is 2. The van der Waals surface area contributed by atoms with Crippen LogP contribution in [-0.2, 0) is 0 Å². The third-order valence-electron chi connectivity index (χ3n) is 6.95. The summed E-state index contributed by atoms with van der Waals surface area (Å²) in [5.41, 5.74) is 5.45. The Morgan fingerprint density at radius 1 is 0.950 bits per heavy atom. The smallest absolute Gasteiger partial charge is 0.387 e. The van der Waals surface area contributed by atoms with Crippen LogP contribution in [0.3, 0.4) is 0 Å². The number of hydrogen-bond acceptors (Lipinski definition) is 4. The van der Waals surface area contributed by atoms with Crippen LogP contribution < -0.4 is 19.6 Å². The molecule has 1 aliphatic heterocycles. The normalized spacial score (nSPS) is 18.1. The fourth-order valence-electron chi connectivity index (χ4n) is 5.21. The van der Waals surface area contributed by atoms with Crippen molar-refractivity contribution in [2.24, 2.45) is 4.99 Å². The van der Waals surface area contributed by atoms with Crippen molar-refractivity contribution in [3.05, 3.63) is 135 Å². The Morgan fingerprint density at radius 3 is 2.38 bits per heavy atom. The maximum Gasteiger partial charge on any atom is 0.387 e. The van der Waals surface area contributed by atoms with Gasteiger partial charge in [0.2, 0.25) is 0 Å². The molecule has 4 nitrogen and oxygen atoms in total. The Balaban J connectivity index is 1.56. The number of benzene rings is 3. The fraction of sp³-hybridized carbons (Fsp3) is 0.161. The van der Waals surface area contributed by atoms with Gasteiger partial charge in [0, 0.05) is 14.5 Å². The first-order valence-corrected chi connectivity index (χ1v) is 15.1. The number of alkyl halides is 2. The molecule has 0 spiro atoms. The van der Waals surface area contributed by atoms with Gasteiger partial charge in [0.05, 0.1) is 16.3 Å². The van der Waals surface area contributed by atoms with Gasteiger partial charge in [0.15, 0.2) is 4.80 Å². The van der Waals surface area contributed by atoms with Crippen molar-refractivity contribution in [3.63, 3.8) is 0 Å². The topological polar surface area (TPSA) is 43.6 Å². The van der Waals surface area contributed by atoms with Crippen LogP contribution in [0.15, 0.2) is 108 Å². The molecule has 0 saturated heterocycles. The van der Waals surface area contributed by atoms with Crippen molar-refractivity contribution >= 4 is 55.3 Å². The average molecular weight is 684 g/mol. The number of fused-ring (bicyclic) bond motifs is 1. The van der Waals surface area contributed by atoms with Gasteiger partial charge in [0.1, 0.15) is 5.75 Å². The molecule has 0 fully saturated rings. The van der Waals surface area contributed by atoms with Gasteiger partial charge >= 0.3 is 6.61 Å². The first kappa shape index (κ1) is 27.1. The summed E-state index contributed by atoms with van der Waals surface area (Å²) < 4.78 is 34.9. The molecule has 6 rings (SSSR count). The Kier molecular flexibility index (Phi) is 7.70. The van der Waals surface area contributed by atoms with Crippen LogP contribution in [0.5, 0.6) is 5.75 Å². The van der Waals surface area contributed by atoms with Crippen molar-refractivity contribution < 1.29 is 13.5 Å². The maximum atomic E-state index is 13.9. The summed E-state index contributed by atoms with van der Waals surface area (Å²) in [6, 6.07) is 22.3. The lowest BCUT2D eigenvalue weighted by molar-refractivity contribution is -0.0499. The van der Waals surface area contributed by atoms with E-state index in [1.807, 2.05) is 36.4 Å². The number of hydrogen-bond donors (Lipinski definition) is 0. The number of aromatic nitrogens is 1. The largest absolute Gasteiger partial charge is 0.434 e. The lowest BCUT2D eigenvalue weighted by Crippen LogP contribution is -2.39. The quantitative estimate of drug-likeness (QED) is 0.217. The summed E-state index contributed by atoms with van der Waals surface area (Å²) in [7, 11) is 0. The van der Waals surface area contributed by atoms with Crippen LogP contribution in [0.1, 0.15) is 42.0 Å². The molecular formula is C31H22Br2F2N2O2S. The van der Waals surface area contributed by atoms with Crippen LogP contribution in [-0.4, -0.2) is 11.2 Å².